The second-order valence-corrected chi connectivity index (χ2v) is 9.23. The number of pyridine rings is 1. The molecular weight excluding hydrogens is 462 g/mol. The van der Waals surface area contributed by atoms with Crippen LogP contribution in [0.25, 0.3) is 22.5 Å². The summed E-state index contributed by atoms with van der Waals surface area (Å²) in [4.78, 5) is 18.3. The predicted molar refractivity (Wildman–Crippen MR) is 144 cm³/mol. The summed E-state index contributed by atoms with van der Waals surface area (Å²) >= 11 is 0. The molecule has 37 heavy (non-hydrogen) atoms. The maximum atomic E-state index is 13.5. The Labute approximate surface area is 216 Å². The van der Waals surface area contributed by atoms with E-state index in [0.717, 1.165) is 59.5 Å². The van der Waals surface area contributed by atoms with Gasteiger partial charge in [0.2, 0.25) is 0 Å². The first-order chi connectivity index (χ1) is 18.2. The quantitative estimate of drug-likeness (QED) is 0.301. The van der Waals surface area contributed by atoms with Gasteiger partial charge in [-0.1, -0.05) is 74.0 Å². The molecule has 8 nitrogen and oxygen atoms in total. The van der Waals surface area contributed by atoms with Crippen molar-refractivity contribution < 1.29 is 0 Å². The number of tetrazole rings is 1. The summed E-state index contributed by atoms with van der Waals surface area (Å²) in [5.41, 5.74) is 7.14. The highest BCUT2D eigenvalue weighted by molar-refractivity contribution is 5.79. The Kier molecular flexibility index (Phi) is 7.35. The fourth-order valence-electron chi connectivity index (χ4n) is 4.78. The first-order valence-corrected chi connectivity index (χ1v) is 12.8. The van der Waals surface area contributed by atoms with E-state index in [-0.39, 0.29) is 5.69 Å². The Bertz CT molecular complexity index is 1500. The molecule has 0 fully saturated rings. The molecule has 0 bridgehead atoms. The van der Waals surface area contributed by atoms with Gasteiger partial charge in [-0.05, 0) is 53.8 Å². The minimum Gasteiger partial charge on any atom is -0.296 e. The number of aryl methyl sites for hydroxylation is 1. The van der Waals surface area contributed by atoms with Gasteiger partial charge in [0.15, 0.2) is 5.82 Å². The van der Waals surface area contributed by atoms with Crippen LogP contribution in [0.1, 0.15) is 42.4 Å². The number of unbranched alkanes of at least 4 members (excludes halogenated alkanes) is 1. The molecule has 8 heteroatoms. The smallest absolute Gasteiger partial charge is 0.296 e. The number of aromatic amines is 1. The SMILES string of the molecule is CCCCc1c(C)n(CCc2ccccc2)c(=O)n1Cc1ccc(-c2ccccc2-c2nnn[nH]2)cn1. The number of nitrogens with one attached hydrogen (secondary N) is 1. The second kappa shape index (κ2) is 11.2. The van der Waals surface area contributed by atoms with Crippen LogP contribution in [0, 0.1) is 6.92 Å². The van der Waals surface area contributed by atoms with Crippen LogP contribution in [0.4, 0.5) is 0 Å². The number of aromatic nitrogens is 7. The molecule has 3 heterocycles. The van der Waals surface area contributed by atoms with E-state index < -0.39 is 0 Å². The maximum Gasteiger partial charge on any atom is 0.328 e. The molecule has 0 spiro atoms. The first-order valence-electron chi connectivity index (χ1n) is 12.8. The summed E-state index contributed by atoms with van der Waals surface area (Å²) in [5.74, 6) is 0.610. The van der Waals surface area contributed by atoms with Gasteiger partial charge in [-0.15, -0.1) is 5.10 Å². The molecule has 0 aliphatic carbocycles. The molecule has 2 aromatic carbocycles. The third kappa shape index (κ3) is 5.28. The van der Waals surface area contributed by atoms with Crippen molar-refractivity contribution in [2.75, 3.05) is 0 Å². The lowest BCUT2D eigenvalue weighted by Crippen LogP contribution is -2.26. The van der Waals surface area contributed by atoms with Gasteiger partial charge in [-0.3, -0.25) is 14.1 Å². The van der Waals surface area contributed by atoms with Gasteiger partial charge < -0.3 is 0 Å². The zero-order valence-electron chi connectivity index (χ0n) is 21.3. The molecule has 5 rings (SSSR count). The van der Waals surface area contributed by atoms with Crippen molar-refractivity contribution in [3.63, 3.8) is 0 Å². The van der Waals surface area contributed by atoms with E-state index in [1.54, 1.807) is 0 Å². The standard InChI is InChI=1S/C29H31N7O/c1-3-4-14-27-21(2)35(18-17-22-10-6-5-7-11-22)29(37)36(27)20-24-16-15-23(19-30-24)25-12-8-9-13-26(25)28-31-33-34-32-28/h5-13,15-16,19H,3-4,14,17-18,20H2,1-2H3,(H,31,32,33,34). The average Bonchev–Trinajstić information content (AvgIpc) is 3.55. The first kappa shape index (κ1) is 24.4. The molecule has 0 saturated heterocycles. The van der Waals surface area contributed by atoms with Gasteiger partial charge in [0.05, 0.1) is 12.2 Å². The van der Waals surface area contributed by atoms with Crippen molar-refractivity contribution in [3.05, 3.63) is 106 Å². The fraction of sp³-hybridized carbons (Fsp3) is 0.276. The minimum absolute atomic E-state index is 0.0357. The fourth-order valence-corrected chi connectivity index (χ4v) is 4.78. The van der Waals surface area contributed by atoms with E-state index in [0.29, 0.717) is 18.9 Å². The Balaban J connectivity index is 1.42. The van der Waals surface area contributed by atoms with Crippen LogP contribution in [-0.4, -0.2) is 34.7 Å². The molecule has 3 aromatic heterocycles. The second-order valence-electron chi connectivity index (χ2n) is 9.23. The third-order valence-electron chi connectivity index (χ3n) is 6.83. The van der Waals surface area contributed by atoms with Crippen LogP contribution in [-0.2, 0) is 25.9 Å². The lowest BCUT2D eigenvalue weighted by atomic mass is 10.0. The topological polar surface area (TPSA) is 94.3 Å². The van der Waals surface area contributed by atoms with Crippen molar-refractivity contribution in [2.24, 2.45) is 0 Å². The molecular formula is C29H31N7O. The van der Waals surface area contributed by atoms with Crippen molar-refractivity contribution >= 4 is 0 Å². The summed E-state index contributed by atoms with van der Waals surface area (Å²) in [5, 5.41) is 14.3. The van der Waals surface area contributed by atoms with Crippen molar-refractivity contribution in [1.29, 1.82) is 0 Å². The maximum absolute atomic E-state index is 13.5. The average molecular weight is 494 g/mol. The van der Waals surface area contributed by atoms with E-state index in [2.05, 4.69) is 46.6 Å². The molecule has 0 radical (unpaired) electrons. The molecule has 0 saturated carbocycles. The van der Waals surface area contributed by atoms with E-state index in [1.165, 1.54) is 5.56 Å². The highest BCUT2D eigenvalue weighted by Crippen LogP contribution is 2.29. The molecule has 1 N–H and O–H groups in total. The number of rotatable bonds is 10. The number of hydrogen-bond acceptors (Lipinski definition) is 5. The van der Waals surface area contributed by atoms with Gasteiger partial charge in [-0.25, -0.2) is 9.89 Å². The summed E-state index contributed by atoms with van der Waals surface area (Å²) in [6.07, 6.45) is 5.69. The lowest BCUT2D eigenvalue weighted by Gasteiger charge is -2.10. The van der Waals surface area contributed by atoms with Gasteiger partial charge in [-0.2, -0.15) is 0 Å². The molecule has 0 unspecified atom stereocenters. The number of nitrogens with zero attached hydrogens (tertiary/aromatic N) is 6. The number of benzene rings is 2. The van der Waals surface area contributed by atoms with Gasteiger partial charge in [0.1, 0.15) is 0 Å². The van der Waals surface area contributed by atoms with Crippen LogP contribution in [0.15, 0.2) is 77.7 Å². The summed E-state index contributed by atoms with van der Waals surface area (Å²) in [6, 6.07) is 22.3. The molecule has 188 valence electrons. The van der Waals surface area contributed by atoms with E-state index in [4.69, 9.17) is 4.98 Å². The van der Waals surface area contributed by atoms with Crippen LogP contribution in [0.5, 0.6) is 0 Å². The predicted octanol–water partition coefficient (Wildman–Crippen LogP) is 4.83. The molecule has 0 atom stereocenters. The Morgan fingerprint density at radius 3 is 2.38 bits per heavy atom. The van der Waals surface area contributed by atoms with Gasteiger partial charge in [0, 0.05) is 35.3 Å². The van der Waals surface area contributed by atoms with E-state index in [1.807, 2.05) is 69.9 Å². The number of hydrogen-bond donors (Lipinski definition) is 1. The summed E-state index contributed by atoms with van der Waals surface area (Å²) < 4.78 is 3.83. The van der Waals surface area contributed by atoms with Crippen LogP contribution >= 0.6 is 0 Å². The largest absolute Gasteiger partial charge is 0.328 e. The zero-order chi connectivity index (χ0) is 25.6. The number of imidazole rings is 1. The molecule has 0 aliphatic heterocycles. The van der Waals surface area contributed by atoms with Crippen molar-refractivity contribution in [3.8, 4) is 22.5 Å². The molecule has 5 aromatic rings. The molecule has 0 aliphatic rings. The minimum atomic E-state index is 0.0357. The monoisotopic (exact) mass is 493 g/mol. The Morgan fingerprint density at radius 2 is 1.68 bits per heavy atom. The van der Waals surface area contributed by atoms with Crippen LogP contribution in [0.3, 0.4) is 0 Å². The van der Waals surface area contributed by atoms with E-state index in [9.17, 15) is 4.79 Å². The van der Waals surface area contributed by atoms with E-state index >= 15 is 0 Å². The number of H-pyrrole nitrogens is 1. The molecule has 0 amide bonds. The normalized spacial score (nSPS) is 11.2. The Morgan fingerprint density at radius 1 is 0.892 bits per heavy atom. The third-order valence-corrected chi connectivity index (χ3v) is 6.83. The summed E-state index contributed by atoms with van der Waals surface area (Å²) in [7, 11) is 0. The van der Waals surface area contributed by atoms with Crippen molar-refractivity contribution in [2.45, 2.75) is 52.6 Å². The highest BCUT2D eigenvalue weighted by atomic mass is 16.1. The summed E-state index contributed by atoms with van der Waals surface area (Å²) in [6.45, 7) is 5.36. The zero-order valence-corrected chi connectivity index (χ0v) is 21.3. The highest BCUT2D eigenvalue weighted by Gasteiger charge is 2.17. The lowest BCUT2D eigenvalue weighted by molar-refractivity contribution is 0.616. The van der Waals surface area contributed by atoms with Crippen LogP contribution < -0.4 is 5.69 Å². The van der Waals surface area contributed by atoms with Crippen LogP contribution in [0.2, 0.25) is 0 Å². The van der Waals surface area contributed by atoms with Crippen molar-refractivity contribution in [1.82, 2.24) is 34.7 Å². The van der Waals surface area contributed by atoms with Gasteiger partial charge in [0.25, 0.3) is 0 Å². The Hall–Kier alpha value is -4.33. The van der Waals surface area contributed by atoms with Gasteiger partial charge >= 0.3 is 5.69 Å².